The van der Waals surface area contributed by atoms with Gasteiger partial charge in [-0.05, 0) is 158 Å². The third kappa shape index (κ3) is 9.75. The molecule has 81 heavy (non-hydrogen) atoms. The first-order chi connectivity index (χ1) is 40.1. The molecule has 0 atom stereocenters. The summed E-state index contributed by atoms with van der Waals surface area (Å²) < 4.78 is 2.48. The minimum Gasteiger partial charge on any atom is -0.310 e. The largest absolute Gasteiger partial charge is 0.310 e. The molecule has 0 spiro atoms. The predicted octanol–water partition coefficient (Wildman–Crippen LogP) is 21.7. The van der Waals surface area contributed by atoms with Gasteiger partial charge in [0.25, 0.3) is 0 Å². The average molecular weight is 1030 g/mol. The lowest BCUT2D eigenvalue weighted by atomic mass is 10.0. The van der Waals surface area contributed by atoms with Crippen LogP contribution in [0.1, 0.15) is 0 Å². The summed E-state index contributed by atoms with van der Waals surface area (Å²) in [6.45, 7) is 0. The second-order valence-electron chi connectivity index (χ2n) is 20.6. The molecule has 0 fully saturated rings. The summed E-state index contributed by atoms with van der Waals surface area (Å²) in [5, 5.41) is 2.37. The lowest BCUT2D eigenvalue weighted by Crippen LogP contribution is -2.14. The van der Waals surface area contributed by atoms with E-state index in [9.17, 15) is 0 Å². The van der Waals surface area contributed by atoms with Crippen LogP contribution in [0.2, 0.25) is 0 Å². The van der Waals surface area contributed by atoms with Crippen molar-refractivity contribution in [2.75, 3.05) is 9.80 Å². The molecule has 0 radical (unpaired) electrons. The molecule has 0 unspecified atom stereocenters. The van der Waals surface area contributed by atoms with Crippen LogP contribution < -0.4 is 9.80 Å². The van der Waals surface area contributed by atoms with E-state index in [1.54, 1.807) is 0 Å². The maximum Gasteiger partial charge on any atom is 0.0541 e. The highest BCUT2D eigenvalue weighted by molar-refractivity contribution is 6.12. The van der Waals surface area contributed by atoms with Crippen molar-refractivity contribution in [1.29, 1.82) is 0 Å². The van der Waals surface area contributed by atoms with Gasteiger partial charge in [0.15, 0.2) is 0 Å². The predicted molar refractivity (Wildman–Crippen MR) is 343 cm³/mol. The Labute approximate surface area is 473 Å². The molecule has 0 saturated carbocycles. The molecule has 0 aliphatic rings. The average Bonchev–Trinajstić information content (AvgIpc) is 4.13. The molecule has 14 rings (SSSR count). The lowest BCUT2D eigenvalue weighted by Gasteiger charge is -2.31. The SMILES string of the molecule is c1ccc(-c2ccc(N(c3ccc(-c4ccccc4)cc3)c3cc(N(c4ccc(-c5ccccc5)cc4)c4ccc(-c5ccccc5)cc4)cc(-n4c5ccc(-c6ccccc6)cc5c5cc(-c6ccccc6)ccc54)c3)cc2)cc1. The summed E-state index contributed by atoms with van der Waals surface area (Å²) in [5.74, 6) is 0. The zero-order valence-corrected chi connectivity index (χ0v) is 44.6. The summed E-state index contributed by atoms with van der Waals surface area (Å²) in [4.78, 5) is 4.83. The zero-order valence-electron chi connectivity index (χ0n) is 44.6. The van der Waals surface area contributed by atoms with Crippen LogP contribution in [0.25, 0.3) is 94.3 Å². The fraction of sp³-hybridized carbons (Fsp3) is 0. The van der Waals surface area contributed by atoms with Crippen molar-refractivity contribution in [1.82, 2.24) is 4.57 Å². The van der Waals surface area contributed by atoms with Crippen LogP contribution in [0, 0.1) is 0 Å². The van der Waals surface area contributed by atoms with Crippen LogP contribution in [0.4, 0.5) is 34.1 Å². The molecule has 1 aromatic heterocycles. The molecule has 3 heteroatoms. The maximum atomic E-state index is 2.48. The van der Waals surface area contributed by atoms with E-state index in [-0.39, 0.29) is 0 Å². The zero-order chi connectivity index (χ0) is 53.9. The molecular weight excluding hydrogens is 979 g/mol. The molecular formula is C78H55N3. The Kier molecular flexibility index (Phi) is 13.0. The van der Waals surface area contributed by atoms with Crippen LogP contribution >= 0.6 is 0 Å². The Balaban J connectivity index is 1.03. The monoisotopic (exact) mass is 1030 g/mol. The fourth-order valence-corrected chi connectivity index (χ4v) is 11.5. The Morgan fingerprint density at radius 1 is 0.173 bits per heavy atom. The number of anilines is 6. The topological polar surface area (TPSA) is 11.4 Å². The summed E-state index contributed by atoms with van der Waals surface area (Å²) in [6, 6.07) is 121. The molecule has 0 bridgehead atoms. The molecule has 3 nitrogen and oxygen atoms in total. The van der Waals surface area contributed by atoms with E-state index in [2.05, 4.69) is 348 Å². The van der Waals surface area contributed by atoms with Crippen molar-refractivity contribution < 1.29 is 0 Å². The molecule has 1 heterocycles. The number of aromatic nitrogens is 1. The van der Waals surface area contributed by atoms with Gasteiger partial charge in [0.1, 0.15) is 0 Å². The van der Waals surface area contributed by atoms with Crippen molar-refractivity contribution in [2.45, 2.75) is 0 Å². The summed E-state index contributed by atoms with van der Waals surface area (Å²) in [6.07, 6.45) is 0. The molecule has 13 aromatic carbocycles. The highest BCUT2D eigenvalue weighted by Gasteiger charge is 2.23. The summed E-state index contributed by atoms with van der Waals surface area (Å²) >= 11 is 0. The Morgan fingerprint density at radius 3 is 0.654 bits per heavy atom. The minimum atomic E-state index is 1.01. The maximum absolute atomic E-state index is 2.48. The van der Waals surface area contributed by atoms with Gasteiger partial charge in [-0.15, -0.1) is 0 Å². The number of nitrogens with zero attached hydrogens (tertiary/aromatic N) is 3. The Bertz CT molecular complexity index is 3980. The number of hydrogen-bond acceptors (Lipinski definition) is 2. The number of fused-ring (bicyclic) bond motifs is 3. The molecule has 0 saturated heterocycles. The van der Waals surface area contributed by atoms with E-state index in [4.69, 9.17) is 0 Å². The van der Waals surface area contributed by atoms with Crippen LogP contribution in [-0.2, 0) is 0 Å². The van der Waals surface area contributed by atoms with Crippen molar-refractivity contribution in [3.8, 4) is 72.4 Å². The van der Waals surface area contributed by atoms with Crippen molar-refractivity contribution in [3.63, 3.8) is 0 Å². The smallest absolute Gasteiger partial charge is 0.0541 e. The van der Waals surface area contributed by atoms with Crippen molar-refractivity contribution in [3.05, 3.63) is 334 Å². The third-order valence-electron chi connectivity index (χ3n) is 15.6. The van der Waals surface area contributed by atoms with E-state index in [1.165, 1.54) is 55.3 Å². The molecule has 0 amide bonds. The van der Waals surface area contributed by atoms with Crippen molar-refractivity contribution in [2.24, 2.45) is 0 Å². The van der Waals surface area contributed by atoms with Crippen LogP contribution in [-0.4, -0.2) is 4.57 Å². The summed E-state index contributed by atoms with van der Waals surface area (Å²) in [7, 11) is 0. The van der Waals surface area contributed by atoms with Gasteiger partial charge in [-0.25, -0.2) is 0 Å². The standard InChI is InChI=1S/C78H55N3/c1-7-19-56(20-8-1)62-31-41-68(42-32-62)79(69-43-33-63(34-44-69)57-21-9-2-10-22-57)72-53-73(80(70-45-35-64(36-46-70)58-23-11-3-12-24-58)71-47-37-65(38-48-71)59-25-13-4-14-26-59)55-74(54-72)81-77-49-39-66(60-27-15-5-16-28-60)51-75(77)76-52-67(40-50-78(76)81)61-29-17-6-18-30-61/h1-55H. The Morgan fingerprint density at radius 2 is 0.395 bits per heavy atom. The van der Waals surface area contributed by atoms with Crippen LogP contribution in [0.3, 0.4) is 0 Å². The van der Waals surface area contributed by atoms with Crippen LogP contribution in [0.5, 0.6) is 0 Å². The number of rotatable bonds is 13. The first kappa shape index (κ1) is 48.6. The van der Waals surface area contributed by atoms with Gasteiger partial charge in [0.05, 0.1) is 28.1 Å². The third-order valence-corrected chi connectivity index (χ3v) is 15.6. The quantitative estimate of drug-likeness (QED) is 0.114. The van der Waals surface area contributed by atoms with Crippen LogP contribution in [0.15, 0.2) is 334 Å². The van der Waals surface area contributed by atoms with Gasteiger partial charge in [-0.2, -0.15) is 0 Å². The van der Waals surface area contributed by atoms with Gasteiger partial charge in [0, 0.05) is 33.5 Å². The normalized spacial score (nSPS) is 11.2. The highest BCUT2D eigenvalue weighted by Crippen LogP contribution is 2.46. The lowest BCUT2D eigenvalue weighted by molar-refractivity contribution is 1.16. The fourth-order valence-electron chi connectivity index (χ4n) is 11.5. The van der Waals surface area contributed by atoms with E-state index < -0.39 is 0 Å². The Hall–Kier alpha value is -10.7. The number of hydrogen-bond donors (Lipinski definition) is 0. The molecule has 0 N–H and O–H groups in total. The first-order valence-electron chi connectivity index (χ1n) is 27.7. The van der Waals surface area contributed by atoms with Gasteiger partial charge in [0.2, 0.25) is 0 Å². The van der Waals surface area contributed by atoms with E-state index in [0.717, 1.165) is 73.1 Å². The van der Waals surface area contributed by atoms with Gasteiger partial charge >= 0.3 is 0 Å². The second-order valence-corrected chi connectivity index (χ2v) is 20.6. The number of benzene rings is 13. The van der Waals surface area contributed by atoms with Gasteiger partial charge in [-0.3, -0.25) is 0 Å². The minimum absolute atomic E-state index is 1.01. The molecule has 382 valence electrons. The molecule has 14 aromatic rings. The summed E-state index contributed by atoms with van der Waals surface area (Å²) in [5.41, 5.74) is 23.5. The van der Waals surface area contributed by atoms with E-state index in [0.29, 0.717) is 0 Å². The first-order valence-corrected chi connectivity index (χ1v) is 27.7. The van der Waals surface area contributed by atoms with E-state index in [1.807, 2.05) is 0 Å². The van der Waals surface area contributed by atoms with Gasteiger partial charge in [-0.1, -0.05) is 243 Å². The highest BCUT2D eigenvalue weighted by atomic mass is 15.2. The van der Waals surface area contributed by atoms with E-state index >= 15 is 0 Å². The second kappa shape index (κ2) is 21.6. The van der Waals surface area contributed by atoms with Crippen molar-refractivity contribution >= 4 is 55.9 Å². The molecule has 0 aliphatic heterocycles. The molecule has 0 aliphatic carbocycles. The van der Waals surface area contributed by atoms with Gasteiger partial charge < -0.3 is 14.4 Å².